The molecule has 0 atom stereocenters. The van der Waals surface area contributed by atoms with E-state index in [1.807, 2.05) is 17.6 Å². The van der Waals surface area contributed by atoms with Crippen LogP contribution in [0.1, 0.15) is 38.6 Å². The zero-order chi connectivity index (χ0) is 24.9. The number of esters is 1. The lowest BCUT2D eigenvalue weighted by molar-refractivity contribution is -0.113. The van der Waals surface area contributed by atoms with Crippen molar-refractivity contribution in [2.24, 2.45) is 0 Å². The second kappa shape index (κ2) is 11.3. The van der Waals surface area contributed by atoms with E-state index in [2.05, 4.69) is 22.1 Å². The average Bonchev–Trinajstić information content (AvgIpc) is 3.53. The highest BCUT2D eigenvalue weighted by atomic mass is 35.5. The number of methoxy groups -OCH3 is 1. The molecule has 0 fully saturated rings. The molecule has 0 spiro atoms. The Bertz CT molecular complexity index is 1270. The molecule has 0 saturated carbocycles. The van der Waals surface area contributed by atoms with Crippen molar-refractivity contribution in [3.63, 3.8) is 0 Å². The molecule has 1 aromatic carbocycles. The Labute approximate surface area is 216 Å². The van der Waals surface area contributed by atoms with E-state index in [9.17, 15) is 9.59 Å². The number of hydrogen-bond acceptors (Lipinski definition) is 8. The minimum atomic E-state index is -0.418. The molecule has 184 valence electrons. The van der Waals surface area contributed by atoms with Crippen LogP contribution in [0.25, 0.3) is 0 Å². The van der Waals surface area contributed by atoms with E-state index in [0.29, 0.717) is 38.9 Å². The first-order chi connectivity index (χ1) is 16.9. The molecule has 4 rings (SSSR count). The highest BCUT2D eigenvalue weighted by molar-refractivity contribution is 7.99. The van der Waals surface area contributed by atoms with Crippen molar-refractivity contribution in [2.45, 2.75) is 44.5 Å². The number of fused-ring (bicyclic) bond motifs is 1. The summed E-state index contributed by atoms with van der Waals surface area (Å²) in [7, 11) is 1.35. The van der Waals surface area contributed by atoms with Crippen molar-refractivity contribution in [3.05, 3.63) is 63.3 Å². The van der Waals surface area contributed by atoms with Gasteiger partial charge in [-0.2, -0.15) is 0 Å². The predicted molar refractivity (Wildman–Crippen MR) is 138 cm³/mol. The molecule has 1 N–H and O–H groups in total. The Morgan fingerprint density at radius 1 is 1.34 bits per heavy atom. The Morgan fingerprint density at radius 3 is 2.91 bits per heavy atom. The molecule has 2 aromatic heterocycles. The third kappa shape index (κ3) is 5.71. The van der Waals surface area contributed by atoms with Gasteiger partial charge in [-0.15, -0.1) is 28.1 Å². The minimum absolute atomic E-state index is 0.107. The second-order valence-electron chi connectivity index (χ2n) is 7.89. The number of amides is 1. The van der Waals surface area contributed by atoms with E-state index in [4.69, 9.17) is 21.1 Å². The fraction of sp³-hybridized carbons (Fsp3) is 0.333. The number of nitrogens with zero attached hydrogens (tertiary/aromatic N) is 3. The van der Waals surface area contributed by atoms with Crippen LogP contribution in [0.15, 0.2) is 36.0 Å². The lowest BCUT2D eigenvalue weighted by Gasteiger charge is -2.10. The molecule has 11 heteroatoms. The predicted octanol–water partition coefficient (Wildman–Crippen LogP) is 5.07. The molecule has 0 saturated heterocycles. The van der Waals surface area contributed by atoms with Gasteiger partial charge in [0.15, 0.2) is 11.0 Å². The largest absolute Gasteiger partial charge is 0.486 e. The Morgan fingerprint density at radius 2 is 2.17 bits per heavy atom. The van der Waals surface area contributed by atoms with Gasteiger partial charge in [0.05, 0.1) is 18.4 Å². The SMILES string of the molecule is C=CCn1c(COc2ccc(Cl)c(C)c2)nnc1SCC(=O)Nc1sc2c(c1C(=O)OC)CCC2. The van der Waals surface area contributed by atoms with Crippen molar-refractivity contribution in [3.8, 4) is 5.75 Å². The summed E-state index contributed by atoms with van der Waals surface area (Å²) in [5.41, 5.74) is 2.40. The summed E-state index contributed by atoms with van der Waals surface area (Å²) in [6, 6.07) is 5.45. The lowest BCUT2D eigenvalue weighted by Crippen LogP contribution is -2.17. The first-order valence-corrected chi connectivity index (χ1v) is 13.2. The van der Waals surface area contributed by atoms with E-state index in [1.165, 1.54) is 30.2 Å². The monoisotopic (exact) mass is 532 g/mol. The first kappa shape index (κ1) is 25.3. The fourth-order valence-electron chi connectivity index (χ4n) is 3.80. The molecule has 3 aromatic rings. The molecule has 8 nitrogen and oxygen atoms in total. The number of carbonyl (C=O) groups is 2. The van der Waals surface area contributed by atoms with Crippen LogP contribution in [0.3, 0.4) is 0 Å². The van der Waals surface area contributed by atoms with Gasteiger partial charge >= 0.3 is 5.97 Å². The highest BCUT2D eigenvalue weighted by Crippen LogP contribution is 2.39. The van der Waals surface area contributed by atoms with Gasteiger partial charge in [0, 0.05) is 16.4 Å². The van der Waals surface area contributed by atoms with Gasteiger partial charge in [0.1, 0.15) is 17.4 Å². The number of nitrogens with one attached hydrogen (secondary N) is 1. The van der Waals surface area contributed by atoms with Crippen molar-refractivity contribution in [1.82, 2.24) is 14.8 Å². The number of allylic oxidation sites excluding steroid dienone is 1. The van der Waals surface area contributed by atoms with E-state index in [1.54, 1.807) is 18.2 Å². The van der Waals surface area contributed by atoms with Crippen molar-refractivity contribution >= 4 is 51.6 Å². The number of carbonyl (C=O) groups excluding carboxylic acids is 2. The van der Waals surface area contributed by atoms with Gasteiger partial charge in [-0.1, -0.05) is 29.4 Å². The molecule has 0 bridgehead atoms. The summed E-state index contributed by atoms with van der Waals surface area (Å²) in [5, 5.41) is 13.2. The van der Waals surface area contributed by atoms with Crippen LogP contribution in [-0.2, 0) is 35.5 Å². The Balaban J connectivity index is 1.41. The molecule has 1 amide bonds. The van der Waals surface area contributed by atoms with Gasteiger partial charge in [-0.25, -0.2) is 4.79 Å². The van der Waals surface area contributed by atoms with E-state index >= 15 is 0 Å². The second-order valence-corrected chi connectivity index (χ2v) is 10.3. The van der Waals surface area contributed by atoms with E-state index < -0.39 is 5.97 Å². The number of rotatable bonds is 10. The topological polar surface area (TPSA) is 95.3 Å². The number of ether oxygens (including phenoxy) is 2. The maximum absolute atomic E-state index is 12.7. The number of anilines is 1. The smallest absolute Gasteiger partial charge is 0.341 e. The van der Waals surface area contributed by atoms with Gasteiger partial charge in [-0.3, -0.25) is 9.36 Å². The summed E-state index contributed by atoms with van der Waals surface area (Å²) in [4.78, 5) is 26.2. The molecular formula is C24H25ClN4O4S2. The molecule has 0 radical (unpaired) electrons. The zero-order valence-electron chi connectivity index (χ0n) is 19.4. The fourth-order valence-corrected chi connectivity index (χ4v) is 5.98. The summed E-state index contributed by atoms with van der Waals surface area (Å²) in [5.74, 6) is 0.748. The number of benzene rings is 1. The van der Waals surface area contributed by atoms with Crippen LogP contribution in [0.5, 0.6) is 5.75 Å². The third-order valence-corrected chi connectivity index (χ3v) is 8.10. The average molecular weight is 533 g/mol. The number of hydrogen-bond donors (Lipinski definition) is 1. The maximum Gasteiger partial charge on any atom is 0.341 e. The van der Waals surface area contributed by atoms with Crippen LogP contribution >= 0.6 is 34.7 Å². The summed E-state index contributed by atoms with van der Waals surface area (Å²) in [6.45, 7) is 6.39. The normalized spacial score (nSPS) is 12.3. The Kier molecular flexibility index (Phi) is 8.15. The quantitative estimate of drug-likeness (QED) is 0.221. The van der Waals surface area contributed by atoms with E-state index in [0.717, 1.165) is 35.3 Å². The minimum Gasteiger partial charge on any atom is -0.486 e. The van der Waals surface area contributed by atoms with Gasteiger partial charge in [0.2, 0.25) is 5.91 Å². The van der Waals surface area contributed by atoms with Crippen LogP contribution < -0.4 is 10.1 Å². The van der Waals surface area contributed by atoms with Crippen LogP contribution in [0.4, 0.5) is 5.00 Å². The van der Waals surface area contributed by atoms with E-state index in [-0.39, 0.29) is 18.3 Å². The summed E-state index contributed by atoms with van der Waals surface area (Å²) in [6.07, 6.45) is 4.49. The zero-order valence-corrected chi connectivity index (χ0v) is 21.8. The number of aryl methyl sites for hydroxylation is 2. The standard InChI is InChI=1S/C24H25ClN4O4S2/c1-4-10-29-19(12-33-15-8-9-17(25)14(2)11-15)27-28-24(29)34-13-20(30)26-22-21(23(31)32-3)16-6-5-7-18(16)35-22/h4,8-9,11H,1,5-7,10,12-13H2,2-3H3,(H,26,30). The Hall–Kier alpha value is -2.82. The molecule has 2 heterocycles. The van der Waals surface area contributed by atoms with Crippen LogP contribution in [0, 0.1) is 6.92 Å². The highest BCUT2D eigenvalue weighted by Gasteiger charge is 2.28. The van der Waals surface area contributed by atoms with Gasteiger partial charge in [-0.05, 0) is 55.5 Å². The lowest BCUT2D eigenvalue weighted by atomic mass is 10.1. The molecule has 35 heavy (non-hydrogen) atoms. The molecule has 1 aliphatic carbocycles. The molecular weight excluding hydrogens is 508 g/mol. The van der Waals surface area contributed by atoms with Crippen molar-refractivity contribution < 1.29 is 19.1 Å². The summed E-state index contributed by atoms with van der Waals surface area (Å²) >= 11 is 8.79. The number of halogens is 1. The molecule has 0 unspecified atom stereocenters. The van der Waals surface area contributed by atoms with Crippen LogP contribution in [0.2, 0.25) is 5.02 Å². The van der Waals surface area contributed by atoms with Gasteiger partial charge < -0.3 is 14.8 Å². The van der Waals surface area contributed by atoms with Gasteiger partial charge in [0.25, 0.3) is 0 Å². The number of aromatic nitrogens is 3. The molecule has 1 aliphatic rings. The first-order valence-electron chi connectivity index (χ1n) is 11.0. The maximum atomic E-state index is 12.7. The molecule has 0 aliphatic heterocycles. The number of thioether (sulfide) groups is 1. The summed E-state index contributed by atoms with van der Waals surface area (Å²) < 4.78 is 12.7. The van der Waals surface area contributed by atoms with Crippen molar-refractivity contribution in [2.75, 3.05) is 18.2 Å². The van der Waals surface area contributed by atoms with Crippen LogP contribution in [-0.4, -0.2) is 39.5 Å². The van der Waals surface area contributed by atoms with Crippen molar-refractivity contribution in [1.29, 1.82) is 0 Å². The number of thiophene rings is 1. The third-order valence-electron chi connectivity index (χ3n) is 5.50.